The lowest BCUT2D eigenvalue weighted by atomic mass is 9.95. The van der Waals surface area contributed by atoms with Crippen molar-refractivity contribution in [3.05, 3.63) is 77.0 Å². The average Bonchev–Trinajstić information content (AvgIpc) is 2.73. The lowest BCUT2D eigenvalue weighted by Crippen LogP contribution is -2.45. The lowest BCUT2D eigenvalue weighted by Gasteiger charge is -2.30. The Morgan fingerprint density at radius 1 is 1.10 bits per heavy atom. The van der Waals surface area contributed by atoms with Crippen molar-refractivity contribution >= 4 is 23.3 Å². The van der Waals surface area contributed by atoms with Gasteiger partial charge in [-0.05, 0) is 42.4 Å². The van der Waals surface area contributed by atoms with Crippen LogP contribution in [0.25, 0.3) is 0 Å². The van der Waals surface area contributed by atoms with E-state index in [2.05, 4.69) is 10.6 Å². The Kier molecular flexibility index (Phi) is 7.21. The van der Waals surface area contributed by atoms with E-state index in [4.69, 9.17) is 26.4 Å². The number of esters is 1. The molecule has 1 aliphatic rings. The second-order valence-corrected chi connectivity index (χ2v) is 6.95. The Labute approximate surface area is 175 Å². The molecule has 2 N–H and O–H groups in total. The highest BCUT2D eigenvalue weighted by Gasteiger charge is 2.31. The maximum absolute atomic E-state index is 12.7. The highest BCUT2D eigenvalue weighted by molar-refractivity contribution is 7.80. The molecule has 0 spiro atoms. The number of benzene rings is 2. The van der Waals surface area contributed by atoms with Crippen LogP contribution in [0.1, 0.15) is 24.1 Å². The third kappa shape index (κ3) is 5.56. The number of carbonyl (C=O) groups is 1. The van der Waals surface area contributed by atoms with Gasteiger partial charge in [0.15, 0.2) is 5.11 Å². The Balaban J connectivity index is 1.80. The number of hydrogen-bond acceptors (Lipinski definition) is 5. The van der Waals surface area contributed by atoms with Crippen LogP contribution < -0.4 is 15.4 Å². The highest BCUT2D eigenvalue weighted by Crippen LogP contribution is 2.30. The quantitative estimate of drug-likeness (QED) is 0.392. The van der Waals surface area contributed by atoms with Crippen molar-refractivity contribution in [2.75, 3.05) is 20.3 Å². The molecule has 0 fully saturated rings. The number of allylic oxidation sites excluding steroid dienone is 1. The number of carbonyl (C=O) groups excluding carboxylic acids is 1. The van der Waals surface area contributed by atoms with Gasteiger partial charge in [-0.25, -0.2) is 4.79 Å². The summed E-state index contributed by atoms with van der Waals surface area (Å²) in [5.41, 5.74) is 3.08. The van der Waals surface area contributed by atoms with E-state index in [0.717, 1.165) is 11.1 Å². The SMILES string of the molecule is COCCOC(=O)C1=C(C)NC(=S)NC1c1cccc(OCc2ccccc2)c1. The molecule has 29 heavy (non-hydrogen) atoms. The monoisotopic (exact) mass is 412 g/mol. The fraction of sp³-hybridized carbons (Fsp3) is 0.273. The number of methoxy groups -OCH3 is 1. The molecule has 0 amide bonds. The van der Waals surface area contributed by atoms with Gasteiger partial charge in [0.2, 0.25) is 0 Å². The summed E-state index contributed by atoms with van der Waals surface area (Å²) in [6.45, 7) is 2.79. The third-order valence-electron chi connectivity index (χ3n) is 4.45. The maximum atomic E-state index is 12.7. The smallest absolute Gasteiger partial charge is 0.338 e. The molecule has 0 saturated heterocycles. The lowest BCUT2D eigenvalue weighted by molar-refractivity contribution is -0.140. The van der Waals surface area contributed by atoms with E-state index in [1.165, 1.54) is 0 Å². The van der Waals surface area contributed by atoms with Crippen LogP contribution in [0.4, 0.5) is 0 Å². The second-order valence-electron chi connectivity index (χ2n) is 6.55. The molecule has 0 aromatic heterocycles. The van der Waals surface area contributed by atoms with Crippen LogP contribution in [0, 0.1) is 0 Å². The number of nitrogens with one attached hydrogen (secondary N) is 2. The van der Waals surface area contributed by atoms with Gasteiger partial charge in [0.1, 0.15) is 19.0 Å². The fourth-order valence-corrected chi connectivity index (χ4v) is 3.31. The molecular formula is C22H24N2O4S. The highest BCUT2D eigenvalue weighted by atomic mass is 32.1. The van der Waals surface area contributed by atoms with E-state index in [9.17, 15) is 4.79 Å². The number of ether oxygens (including phenoxy) is 3. The van der Waals surface area contributed by atoms with Crippen molar-refractivity contribution < 1.29 is 19.0 Å². The van der Waals surface area contributed by atoms with E-state index < -0.39 is 12.0 Å². The summed E-state index contributed by atoms with van der Waals surface area (Å²) in [7, 11) is 1.56. The van der Waals surface area contributed by atoms with Crippen molar-refractivity contribution in [3.63, 3.8) is 0 Å². The van der Waals surface area contributed by atoms with Crippen molar-refractivity contribution in [1.29, 1.82) is 0 Å². The van der Waals surface area contributed by atoms with Crippen molar-refractivity contribution in [2.45, 2.75) is 19.6 Å². The first kappa shape index (κ1) is 20.8. The molecule has 0 saturated carbocycles. The molecule has 0 aliphatic carbocycles. The Morgan fingerprint density at radius 3 is 2.66 bits per heavy atom. The zero-order valence-corrected chi connectivity index (χ0v) is 17.3. The minimum absolute atomic E-state index is 0.184. The van der Waals surface area contributed by atoms with E-state index >= 15 is 0 Å². The van der Waals surface area contributed by atoms with Crippen LogP contribution in [0.5, 0.6) is 5.75 Å². The number of hydrogen-bond donors (Lipinski definition) is 2. The summed E-state index contributed by atoms with van der Waals surface area (Å²) >= 11 is 5.29. The molecule has 6 nitrogen and oxygen atoms in total. The molecule has 0 bridgehead atoms. The van der Waals surface area contributed by atoms with Gasteiger partial charge < -0.3 is 24.8 Å². The summed E-state index contributed by atoms with van der Waals surface area (Å²) in [5, 5.41) is 6.61. The molecule has 2 aromatic carbocycles. The van der Waals surface area contributed by atoms with E-state index in [0.29, 0.717) is 35.3 Å². The van der Waals surface area contributed by atoms with Gasteiger partial charge in [-0.2, -0.15) is 0 Å². The Morgan fingerprint density at radius 2 is 1.90 bits per heavy atom. The predicted molar refractivity (Wildman–Crippen MR) is 114 cm³/mol. The molecule has 1 atom stereocenters. The average molecular weight is 413 g/mol. The van der Waals surface area contributed by atoms with Gasteiger partial charge >= 0.3 is 5.97 Å². The third-order valence-corrected chi connectivity index (χ3v) is 4.67. The van der Waals surface area contributed by atoms with Crippen molar-refractivity contribution in [2.24, 2.45) is 0 Å². The summed E-state index contributed by atoms with van der Waals surface area (Å²) in [6, 6.07) is 17.1. The minimum Gasteiger partial charge on any atom is -0.489 e. The topological polar surface area (TPSA) is 68.8 Å². The van der Waals surface area contributed by atoms with E-state index in [-0.39, 0.29) is 6.61 Å². The van der Waals surface area contributed by atoms with Gasteiger partial charge in [0, 0.05) is 12.8 Å². The molecular weight excluding hydrogens is 388 g/mol. The zero-order chi connectivity index (χ0) is 20.6. The molecule has 1 aliphatic heterocycles. The normalized spacial score (nSPS) is 16.1. The summed E-state index contributed by atoms with van der Waals surface area (Å²) in [5.74, 6) is 0.296. The van der Waals surface area contributed by atoms with Gasteiger partial charge in [0.25, 0.3) is 0 Å². The first-order chi connectivity index (χ1) is 14.1. The van der Waals surface area contributed by atoms with Gasteiger partial charge in [-0.15, -0.1) is 0 Å². The summed E-state index contributed by atoms with van der Waals surface area (Å²) in [6.07, 6.45) is 0. The predicted octanol–water partition coefficient (Wildman–Crippen LogP) is 3.25. The van der Waals surface area contributed by atoms with Crippen LogP contribution in [0.2, 0.25) is 0 Å². The first-order valence-corrected chi connectivity index (χ1v) is 9.70. The standard InChI is InChI=1S/C22H24N2O4S/c1-15-19(21(25)27-12-11-26-2)20(24-22(29)23-15)17-9-6-10-18(13-17)28-14-16-7-4-3-5-8-16/h3-10,13,20H,11-12,14H2,1-2H3,(H2,23,24,29). The van der Waals surface area contributed by atoms with Gasteiger partial charge in [-0.1, -0.05) is 42.5 Å². The molecule has 0 radical (unpaired) electrons. The van der Waals surface area contributed by atoms with Crippen LogP contribution in [-0.2, 0) is 20.9 Å². The van der Waals surface area contributed by atoms with Crippen LogP contribution in [0.3, 0.4) is 0 Å². The van der Waals surface area contributed by atoms with Crippen LogP contribution >= 0.6 is 12.2 Å². The number of thiocarbonyl (C=S) groups is 1. The zero-order valence-electron chi connectivity index (χ0n) is 16.4. The van der Waals surface area contributed by atoms with Crippen LogP contribution in [-0.4, -0.2) is 31.4 Å². The minimum atomic E-state index is -0.431. The molecule has 1 unspecified atom stereocenters. The summed E-state index contributed by atoms with van der Waals surface area (Å²) < 4.78 is 16.2. The van der Waals surface area contributed by atoms with E-state index in [1.54, 1.807) is 7.11 Å². The van der Waals surface area contributed by atoms with Gasteiger partial charge in [-0.3, -0.25) is 0 Å². The second kappa shape index (κ2) is 10.0. The summed E-state index contributed by atoms with van der Waals surface area (Å²) in [4.78, 5) is 12.7. The van der Waals surface area contributed by atoms with Gasteiger partial charge in [0.05, 0.1) is 18.2 Å². The molecule has 7 heteroatoms. The number of rotatable bonds is 8. The molecule has 152 valence electrons. The van der Waals surface area contributed by atoms with Crippen LogP contribution in [0.15, 0.2) is 65.9 Å². The Hall–Kier alpha value is -2.90. The first-order valence-electron chi connectivity index (χ1n) is 9.29. The molecule has 2 aromatic rings. The Bertz CT molecular complexity index is 899. The molecule has 3 rings (SSSR count). The molecule has 1 heterocycles. The fourth-order valence-electron chi connectivity index (χ4n) is 3.03. The maximum Gasteiger partial charge on any atom is 0.338 e. The van der Waals surface area contributed by atoms with E-state index in [1.807, 2.05) is 61.5 Å². The van der Waals surface area contributed by atoms with Crippen molar-refractivity contribution in [1.82, 2.24) is 10.6 Å². The largest absolute Gasteiger partial charge is 0.489 e. The van der Waals surface area contributed by atoms with Crippen molar-refractivity contribution in [3.8, 4) is 5.75 Å².